The zero-order valence-corrected chi connectivity index (χ0v) is 18.6. The summed E-state index contributed by atoms with van der Waals surface area (Å²) in [4.78, 5) is 27.0. The number of anilines is 1. The number of carboxylic acid groups (broad SMARTS) is 1. The summed E-state index contributed by atoms with van der Waals surface area (Å²) in [6.07, 6.45) is 0.993. The number of likely N-dealkylation sites (tertiary alicyclic amines) is 1. The number of benzene rings is 2. The van der Waals surface area contributed by atoms with Crippen molar-refractivity contribution in [3.8, 4) is 0 Å². The number of hydrogen-bond donors (Lipinski definition) is 3. The molecule has 1 saturated heterocycles. The summed E-state index contributed by atoms with van der Waals surface area (Å²) in [6, 6.07) is 12.6. The highest BCUT2D eigenvalue weighted by molar-refractivity contribution is 6.35. The molecule has 166 valence electrons. The highest BCUT2D eigenvalue weighted by Gasteiger charge is 2.30. The van der Waals surface area contributed by atoms with Crippen LogP contribution in [0.4, 0.5) is 15.3 Å². The number of imide groups is 1. The van der Waals surface area contributed by atoms with Crippen LogP contribution in [0, 0.1) is 0 Å². The van der Waals surface area contributed by atoms with E-state index in [0.29, 0.717) is 35.2 Å². The Labute approximate surface area is 191 Å². The van der Waals surface area contributed by atoms with E-state index in [1.165, 1.54) is 11.6 Å². The minimum Gasteiger partial charge on any atom is -0.465 e. The SMILES string of the molecule is NCCc1ccc(NC2CCN(C(=O)N(Cc3ccc(Cl)cc3Cl)C(=O)O)CC2)cc1. The van der Waals surface area contributed by atoms with Crippen LogP contribution in [0.25, 0.3) is 0 Å². The Morgan fingerprint density at radius 2 is 1.81 bits per heavy atom. The van der Waals surface area contributed by atoms with Crippen molar-refractivity contribution in [2.45, 2.75) is 31.8 Å². The van der Waals surface area contributed by atoms with Crippen molar-refractivity contribution in [1.82, 2.24) is 9.80 Å². The fourth-order valence-corrected chi connectivity index (χ4v) is 4.06. The van der Waals surface area contributed by atoms with Gasteiger partial charge in [0.05, 0.1) is 6.54 Å². The molecule has 0 atom stereocenters. The van der Waals surface area contributed by atoms with Crippen LogP contribution in [0.5, 0.6) is 0 Å². The maximum absolute atomic E-state index is 12.9. The monoisotopic (exact) mass is 464 g/mol. The van der Waals surface area contributed by atoms with Gasteiger partial charge in [-0.05, 0) is 61.2 Å². The average molecular weight is 465 g/mol. The van der Waals surface area contributed by atoms with Crippen LogP contribution in [0.2, 0.25) is 10.0 Å². The molecule has 2 aromatic rings. The number of carbonyl (C=O) groups excluding carboxylic acids is 1. The van der Waals surface area contributed by atoms with E-state index in [4.69, 9.17) is 28.9 Å². The van der Waals surface area contributed by atoms with Crippen LogP contribution in [0.15, 0.2) is 42.5 Å². The third-order valence-electron chi connectivity index (χ3n) is 5.33. The number of urea groups is 1. The number of rotatable bonds is 6. The van der Waals surface area contributed by atoms with Crippen molar-refractivity contribution in [2.24, 2.45) is 5.73 Å². The summed E-state index contributed by atoms with van der Waals surface area (Å²) in [5.41, 5.74) is 8.33. The van der Waals surface area contributed by atoms with Crippen molar-refractivity contribution < 1.29 is 14.7 Å². The second-order valence-electron chi connectivity index (χ2n) is 7.53. The molecule has 0 aromatic heterocycles. The highest BCUT2D eigenvalue weighted by atomic mass is 35.5. The fourth-order valence-electron chi connectivity index (χ4n) is 3.59. The summed E-state index contributed by atoms with van der Waals surface area (Å²) >= 11 is 12.0. The van der Waals surface area contributed by atoms with E-state index in [9.17, 15) is 14.7 Å². The maximum atomic E-state index is 12.9. The van der Waals surface area contributed by atoms with Crippen LogP contribution in [0.3, 0.4) is 0 Å². The smallest absolute Gasteiger partial charge is 0.415 e. The van der Waals surface area contributed by atoms with Crippen LogP contribution in [-0.4, -0.2) is 52.7 Å². The van der Waals surface area contributed by atoms with E-state index in [2.05, 4.69) is 17.4 Å². The molecule has 3 amide bonds. The number of nitrogens with one attached hydrogen (secondary N) is 1. The molecule has 0 saturated carbocycles. The summed E-state index contributed by atoms with van der Waals surface area (Å²) in [5, 5.41) is 13.8. The van der Waals surface area contributed by atoms with Gasteiger partial charge in [0.15, 0.2) is 0 Å². The molecule has 31 heavy (non-hydrogen) atoms. The van der Waals surface area contributed by atoms with Gasteiger partial charge in [-0.15, -0.1) is 0 Å². The van der Waals surface area contributed by atoms with Gasteiger partial charge in [-0.25, -0.2) is 14.5 Å². The molecule has 0 spiro atoms. The molecular formula is C22H26Cl2N4O3. The molecule has 7 nitrogen and oxygen atoms in total. The third-order valence-corrected chi connectivity index (χ3v) is 5.92. The van der Waals surface area contributed by atoms with Gasteiger partial charge in [0.1, 0.15) is 0 Å². The number of nitrogens with two attached hydrogens (primary N) is 1. The Morgan fingerprint density at radius 3 is 2.39 bits per heavy atom. The van der Waals surface area contributed by atoms with Gasteiger partial charge in [0.2, 0.25) is 0 Å². The maximum Gasteiger partial charge on any atom is 0.415 e. The van der Waals surface area contributed by atoms with Gasteiger partial charge in [-0.3, -0.25) is 0 Å². The predicted octanol–water partition coefficient (Wildman–Crippen LogP) is 4.67. The van der Waals surface area contributed by atoms with Crippen molar-refractivity contribution in [1.29, 1.82) is 0 Å². The van der Waals surface area contributed by atoms with Gasteiger partial charge < -0.3 is 21.1 Å². The zero-order chi connectivity index (χ0) is 22.4. The average Bonchev–Trinajstić information content (AvgIpc) is 2.75. The molecule has 3 rings (SSSR count). The number of nitrogens with zero attached hydrogens (tertiary/aromatic N) is 2. The zero-order valence-electron chi connectivity index (χ0n) is 17.1. The second-order valence-corrected chi connectivity index (χ2v) is 8.37. The summed E-state index contributed by atoms with van der Waals surface area (Å²) in [5.74, 6) is 0. The first-order valence-electron chi connectivity index (χ1n) is 10.2. The Balaban J connectivity index is 1.56. The van der Waals surface area contributed by atoms with E-state index in [0.717, 1.165) is 29.8 Å². The van der Waals surface area contributed by atoms with Gasteiger partial charge in [-0.1, -0.05) is 41.4 Å². The molecular weight excluding hydrogens is 439 g/mol. The molecule has 0 aliphatic carbocycles. The lowest BCUT2D eigenvalue weighted by Gasteiger charge is -2.35. The van der Waals surface area contributed by atoms with Crippen LogP contribution in [0.1, 0.15) is 24.0 Å². The molecule has 0 radical (unpaired) electrons. The van der Waals surface area contributed by atoms with Crippen molar-refractivity contribution in [2.75, 3.05) is 25.0 Å². The van der Waals surface area contributed by atoms with Crippen molar-refractivity contribution in [3.63, 3.8) is 0 Å². The molecule has 1 aliphatic heterocycles. The summed E-state index contributed by atoms with van der Waals surface area (Å²) < 4.78 is 0. The van der Waals surface area contributed by atoms with Gasteiger partial charge in [-0.2, -0.15) is 0 Å². The second kappa shape index (κ2) is 10.7. The minimum absolute atomic E-state index is 0.127. The van der Waals surface area contributed by atoms with E-state index < -0.39 is 12.1 Å². The number of piperidine rings is 1. The topological polar surface area (TPSA) is 98.9 Å². The van der Waals surface area contributed by atoms with Gasteiger partial charge in [0.25, 0.3) is 0 Å². The van der Waals surface area contributed by atoms with E-state index in [-0.39, 0.29) is 12.6 Å². The first kappa shape index (κ1) is 23.2. The largest absolute Gasteiger partial charge is 0.465 e. The quantitative estimate of drug-likeness (QED) is 0.576. The van der Waals surface area contributed by atoms with Crippen molar-refractivity contribution >= 4 is 41.0 Å². The first-order chi connectivity index (χ1) is 14.9. The number of carbonyl (C=O) groups is 2. The van der Waals surface area contributed by atoms with Crippen LogP contribution >= 0.6 is 23.2 Å². The molecule has 1 fully saturated rings. The molecule has 9 heteroatoms. The normalized spacial score (nSPS) is 14.4. The standard InChI is InChI=1S/C22H26Cl2N4O3/c23-17-4-3-16(20(24)13-17)14-28(22(30)31)21(29)27-11-8-19(9-12-27)26-18-5-1-15(2-6-18)7-10-25/h1-6,13,19,26H,7-12,14,25H2,(H,30,31). The fraction of sp³-hybridized carbons (Fsp3) is 0.364. The lowest BCUT2D eigenvalue weighted by atomic mass is 10.0. The molecule has 0 bridgehead atoms. The molecule has 0 unspecified atom stereocenters. The Morgan fingerprint density at radius 1 is 1.13 bits per heavy atom. The summed E-state index contributed by atoms with van der Waals surface area (Å²) in [7, 11) is 0. The first-order valence-corrected chi connectivity index (χ1v) is 10.9. The molecule has 2 aromatic carbocycles. The van der Waals surface area contributed by atoms with Crippen molar-refractivity contribution in [3.05, 3.63) is 63.6 Å². The van der Waals surface area contributed by atoms with E-state index >= 15 is 0 Å². The third kappa shape index (κ3) is 6.26. The van der Waals surface area contributed by atoms with Gasteiger partial charge >= 0.3 is 12.1 Å². The minimum atomic E-state index is -1.31. The van der Waals surface area contributed by atoms with Crippen LogP contribution in [-0.2, 0) is 13.0 Å². The highest BCUT2D eigenvalue weighted by Crippen LogP contribution is 2.24. The Kier molecular flexibility index (Phi) is 8.01. The van der Waals surface area contributed by atoms with Gasteiger partial charge in [0, 0.05) is 34.9 Å². The predicted molar refractivity (Wildman–Crippen MR) is 123 cm³/mol. The Bertz CT molecular complexity index is 915. The molecule has 1 heterocycles. The van der Waals surface area contributed by atoms with Crippen LogP contribution < -0.4 is 11.1 Å². The number of halogens is 2. The lowest BCUT2D eigenvalue weighted by molar-refractivity contribution is 0.120. The van der Waals surface area contributed by atoms with E-state index in [1.54, 1.807) is 17.0 Å². The lowest BCUT2D eigenvalue weighted by Crippen LogP contribution is -2.49. The number of hydrogen-bond acceptors (Lipinski definition) is 4. The Hall–Kier alpha value is -2.48. The number of amides is 3. The summed E-state index contributed by atoms with van der Waals surface area (Å²) in [6.45, 7) is 1.44. The molecule has 4 N–H and O–H groups in total. The molecule has 1 aliphatic rings. The van der Waals surface area contributed by atoms with E-state index in [1.807, 2.05) is 12.1 Å².